The summed E-state index contributed by atoms with van der Waals surface area (Å²) in [5.41, 5.74) is 4.85. The molecular weight excluding hydrogens is 756 g/mol. The first-order valence-electron chi connectivity index (χ1n) is 20.2. The lowest BCUT2D eigenvalue weighted by Gasteiger charge is -2.20. The van der Waals surface area contributed by atoms with Gasteiger partial charge < -0.3 is 24.0 Å². The lowest BCUT2D eigenvalue weighted by molar-refractivity contribution is 0.0516. The molecule has 4 aliphatic rings. The molecule has 0 N–H and O–H groups in total. The number of nitrogens with zero attached hydrogens (tertiary/aromatic N) is 8. The normalized spacial score (nSPS) is 20.1. The number of fused-ring (bicyclic) bond motifs is 2. The van der Waals surface area contributed by atoms with Crippen LogP contribution in [0, 0.1) is 23.7 Å². The average Bonchev–Trinajstić information content (AvgIpc) is 3.75. The minimum atomic E-state index is -0.365. The van der Waals surface area contributed by atoms with E-state index in [0.29, 0.717) is 55.8 Å². The van der Waals surface area contributed by atoms with E-state index in [4.69, 9.17) is 30.8 Å². The number of benzene rings is 1. The van der Waals surface area contributed by atoms with Gasteiger partial charge in [-0.05, 0) is 79.7 Å². The van der Waals surface area contributed by atoms with Crippen molar-refractivity contribution in [3.63, 3.8) is 0 Å². The summed E-state index contributed by atoms with van der Waals surface area (Å²) in [5, 5.41) is 9.02. The van der Waals surface area contributed by atoms with Gasteiger partial charge in [0.15, 0.2) is 0 Å². The molecule has 4 atom stereocenters. The number of esters is 2. The molecule has 2 saturated heterocycles. The second kappa shape index (κ2) is 17.9. The van der Waals surface area contributed by atoms with Crippen LogP contribution in [0.5, 0.6) is 0 Å². The highest BCUT2D eigenvalue weighted by Gasteiger charge is 2.46. The number of aromatic nitrogens is 6. The molecule has 302 valence electrons. The van der Waals surface area contributed by atoms with E-state index in [-0.39, 0.29) is 11.9 Å². The van der Waals surface area contributed by atoms with Crippen LogP contribution in [0.15, 0.2) is 85.5 Å². The van der Waals surface area contributed by atoms with E-state index in [2.05, 4.69) is 49.2 Å². The van der Waals surface area contributed by atoms with E-state index in [1.54, 1.807) is 41.8 Å². The molecule has 5 aromatic rings. The van der Waals surface area contributed by atoms with E-state index in [0.717, 1.165) is 83.9 Å². The van der Waals surface area contributed by atoms with Gasteiger partial charge in [-0.25, -0.2) is 19.6 Å². The smallest absolute Gasteiger partial charge is 0.341 e. The van der Waals surface area contributed by atoms with Crippen LogP contribution < -0.4 is 9.80 Å². The number of hydrogen-bond donors (Lipinski definition) is 0. The number of pyridine rings is 2. The van der Waals surface area contributed by atoms with Crippen LogP contribution >= 0.6 is 11.6 Å². The zero-order valence-electron chi connectivity index (χ0n) is 33.0. The molecule has 13 nitrogen and oxygen atoms in total. The monoisotopic (exact) mass is 804 g/mol. The topological polar surface area (TPSA) is 130 Å². The molecule has 4 fully saturated rings. The minimum absolute atomic E-state index is 0.342. The second-order valence-corrected chi connectivity index (χ2v) is 15.7. The molecule has 1 aromatic carbocycles. The lowest BCUT2D eigenvalue weighted by Crippen LogP contribution is -2.23. The SMILES string of the molecule is CCOC(=O)c1cnn(Cc2ccc(N3CC4CC4C3)nc2/C=C/COCc2ccccc2)c1.CCOC(=O)c1cnn(Cc2ccc(N3CC4CC4C3)nc2Cl)c1. The van der Waals surface area contributed by atoms with Crippen LogP contribution in [0.25, 0.3) is 6.08 Å². The van der Waals surface area contributed by atoms with Gasteiger partial charge in [0.1, 0.15) is 16.8 Å². The van der Waals surface area contributed by atoms with Crippen molar-refractivity contribution >= 4 is 41.3 Å². The molecule has 9 rings (SSSR count). The second-order valence-electron chi connectivity index (χ2n) is 15.4. The Hall–Kier alpha value is -5.53. The van der Waals surface area contributed by atoms with Gasteiger partial charge in [-0.3, -0.25) is 9.36 Å². The van der Waals surface area contributed by atoms with E-state index in [9.17, 15) is 9.59 Å². The Morgan fingerprint density at radius 1 is 0.724 bits per heavy atom. The van der Waals surface area contributed by atoms with Gasteiger partial charge >= 0.3 is 11.9 Å². The summed E-state index contributed by atoms with van der Waals surface area (Å²) in [6, 6.07) is 18.4. The first-order valence-corrected chi connectivity index (χ1v) is 20.5. The van der Waals surface area contributed by atoms with Gasteiger partial charge in [-0.15, -0.1) is 0 Å². The summed E-state index contributed by atoms with van der Waals surface area (Å²) in [6.07, 6.45) is 13.2. The summed E-state index contributed by atoms with van der Waals surface area (Å²) < 4.78 is 19.3. The van der Waals surface area contributed by atoms with Gasteiger partial charge in [0, 0.05) is 44.1 Å². The lowest BCUT2D eigenvalue weighted by atomic mass is 10.1. The van der Waals surface area contributed by atoms with E-state index >= 15 is 0 Å². The fourth-order valence-corrected chi connectivity index (χ4v) is 7.94. The van der Waals surface area contributed by atoms with E-state index in [1.165, 1.54) is 19.0 Å². The summed E-state index contributed by atoms with van der Waals surface area (Å²) >= 11 is 6.35. The quantitative estimate of drug-likeness (QED) is 0.0630. The first kappa shape index (κ1) is 39.3. The van der Waals surface area contributed by atoms with Gasteiger partial charge in [-0.2, -0.15) is 10.2 Å². The van der Waals surface area contributed by atoms with Crippen LogP contribution in [0.1, 0.15) is 69.8 Å². The molecule has 2 aliphatic carbocycles. The number of hydrogen-bond acceptors (Lipinski definition) is 11. The standard InChI is InChI=1S/C27H30N4O3.C17H19ClN4O2/c1-2-34-27(32)24-14-28-31(18-24)17-21-10-11-26(30-15-22-13-23(22)16-30)29-25(21)9-6-12-33-19-20-7-4-3-5-8-20;1-2-24-17(23)14-6-19-22(10-14)9-11-3-4-15(20-16(11)18)21-7-12-5-13(12)8-21/h3-11,14,18,22-23H,2,12-13,15-17,19H2,1H3;3-4,6,10,12-13H,2,5,7-9H2,1H3/b9-6+;. The maximum absolute atomic E-state index is 12.0. The van der Waals surface area contributed by atoms with Crippen LogP contribution in [-0.2, 0) is 33.9 Å². The summed E-state index contributed by atoms with van der Waals surface area (Å²) in [7, 11) is 0. The summed E-state index contributed by atoms with van der Waals surface area (Å²) in [5.74, 6) is 4.65. The third-order valence-electron chi connectivity index (χ3n) is 11.1. The van der Waals surface area contributed by atoms with Crippen molar-refractivity contribution in [2.24, 2.45) is 23.7 Å². The fraction of sp³-hybridized carbons (Fsp3) is 0.409. The minimum Gasteiger partial charge on any atom is -0.462 e. The van der Waals surface area contributed by atoms with Gasteiger partial charge in [-0.1, -0.05) is 60.1 Å². The number of rotatable bonds is 15. The highest BCUT2D eigenvalue weighted by molar-refractivity contribution is 6.30. The number of ether oxygens (including phenoxy) is 3. The Morgan fingerprint density at radius 3 is 1.81 bits per heavy atom. The molecule has 0 spiro atoms. The largest absolute Gasteiger partial charge is 0.462 e. The summed E-state index contributed by atoms with van der Waals surface area (Å²) in [4.78, 5) is 37.9. The van der Waals surface area contributed by atoms with E-state index < -0.39 is 0 Å². The van der Waals surface area contributed by atoms with Crippen molar-refractivity contribution in [1.29, 1.82) is 0 Å². The molecule has 14 heteroatoms. The molecule has 4 unspecified atom stereocenters. The third kappa shape index (κ3) is 9.76. The Morgan fingerprint density at radius 2 is 1.26 bits per heavy atom. The number of anilines is 2. The number of carbonyl (C=O) groups is 2. The zero-order chi connectivity index (χ0) is 40.0. The number of piperidine rings is 2. The van der Waals surface area contributed by atoms with Crippen molar-refractivity contribution in [2.45, 2.75) is 46.4 Å². The predicted molar refractivity (Wildman–Crippen MR) is 221 cm³/mol. The average molecular weight is 805 g/mol. The molecular formula is C44H49ClN8O5. The maximum atomic E-state index is 12.0. The Labute approximate surface area is 343 Å². The van der Waals surface area contributed by atoms with Crippen LogP contribution in [0.4, 0.5) is 11.6 Å². The molecule has 2 aliphatic heterocycles. The Bertz CT molecular complexity index is 2220. The van der Waals surface area contributed by atoms with Gasteiger partial charge in [0.2, 0.25) is 0 Å². The van der Waals surface area contributed by atoms with Crippen molar-refractivity contribution in [1.82, 2.24) is 29.5 Å². The van der Waals surface area contributed by atoms with Crippen LogP contribution in [-0.4, -0.2) is 87.5 Å². The van der Waals surface area contributed by atoms with Crippen molar-refractivity contribution in [2.75, 3.05) is 55.8 Å². The molecule has 2 saturated carbocycles. The summed E-state index contributed by atoms with van der Waals surface area (Å²) in [6.45, 7) is 10.7. The highest BCUT2D eigenvalue weighted by Crippen LogP contribution is 2.47. The van der Waals surface area contributed by atoms with Crippen molar-refractivity contribution < 1.29 is 23.8 Å². The van der Waals surface area contributed by atoms with E-state index in [1.807, 2.05) is 42.5 Å². The van der Waals surface area contributed by atoms with Crippen molar-refractivity contribution in [3.8, 4) is 0 Å². The molecule has 4 aromatic heterocycles. The third-order valence-corrected chi connectivity index (χ3v) is 11.4. The van der Waals surface area contributed by atoms with Crippen LogP contribution in [0.2, 0.25) is 5.15 Å². The molecule has 0 radical (unpaired) electrons. The maximum Gasteiger partial charge on any atom is 0.341 e. The zero-order valence-corrected chi connectivity index (χ0v) is 33.7. The molecule has 6 heterocycles. The molecule has 0 amide bonds. The van der Waals surface area contributed by atoms with Crippen LogP contribution in [0.3, 0.4) is 0 Å². The van der Waals surface area contributed by atoms with Gasteiger partial charge in [0.05, 0.1) is 68.7 Å². The Kier molecular flexibility index (Phi) is 12.2. The van der Waals surface area contributed by atoms with Crippen molar-refractivity contribution in [3.05, 3.63) is 124 Å². The Balaban J connectivity index is 0.000000172. The molecule has 0 bridgehead atoms. The number of carbonyl (C=O) groups excluding carboxylic acids is 2. The first-order chi connectivity index (χ1) is 28.3. The fourth-order valence-electron chi connectivity index (χ4n) is 7.73. The van der Waals surface area contributed by atoms with Gasteiger partial charge in [0.25, 0.3) is 0 Å². The number of halogens is 1. The highest BCUT2D eigenvalue weighted by atomic mass is 35.5. The molecule has 58 heavy (non-hydrogen) atoms. The predicted octanol–water partition coefficient (Wildman–Crippen LogP) is 6.80.